The van der Waals surface area contributed by atoms with Gasteiger partial charge >= 0.3 is 0 Å². The Balaban J connectivity index is 1.90. The van der Waals surface area contributed by atoms with E-state index in [2.05, 4.69) is 36.0 Å². The van der Waals surface area contributed by atoms with Crippen LogP contribution in [0.2, 0.25) is 0 Å². The normalized spacial score (nSPS) is 25.0. The molecule has 0 radical (unpaired) electrons. The largest absolute Gasteiger partial charge is 0.377 e. The number of fused-ring (bicyclic) bond motifs is 2. The molecule has 3 heterocycles. The van der Waals surface area contributed by atoms with Gasteiger partial charge in [0.1, 0.15) is 0 Å². The lowest BCUT2D eigenvalue weighted by atomic mass is 9.74. The van der Waals surface area contributed by atoms with E-state index in [0.29, 0.717) is 0 Å². The molecule has 0 aromatic carbocycles. The minimum absolute atomic E-state index is 0.161. The highest BCUT2D eigenvalue weighted by molar-refractivity contribution is 5.43. The second-order valence-electron chi connectivity index (χ2n) is 7.38. The van der Waals surface area contributed by atoms with Gasteiger partial charge in [-0.2, -0.15) is 0 Å². The molecule has 4 heteroatoms. The number of hydrogen-bond donors (Lipinski definition) is 1. The lowest BCUT2D eigenvalue weighted by molar-refractivity contribution is -0.0182. The van der Waals surface area contributed by atoms with Gasteiger partial charge in [0.25, 0.3) is 0 Å². The van der Waals surface area contributed by atoms with Crippen LogP contribution in [-0.4, -0.2) is 40.1 Å². The van der Waals surface area contributed by atoms with Crippen molar-refractivity contribution in [1.29, 1.82) is 0 Å². The Morgan fingerprint density at radius 2 is 1.83 bits per heavy atom. The van der Waals surface area contributed by atoms with Crippen molar-refractivity contribution in [2.24, 2.45) is 5.92 Å². The molecule has 0 bridgehead atoms. The van der Waals surface area contributed by atoms with Crippen LogP contribution >= 0.6 is 0 Å². The molecule has 0 saturated carbocycles. The van der Waals surface area contributed by atoms with Crippen molar-refractivity contribution < 1.29 is 5.11 Å². The fraction of sp³-hybridized carbons (Fsp3) is 0.500. The van der Waals surface area contributed by atoms with Crippen LogP contribution in [0.5, 0.6) is 0 Å². The first-order valence-electron chi connectivity index (χ1n) is 8.90. The first kappa shape index (κ1) is 15.7. The van der Waals surface area contributed by atoms with Crippen molar-refractivity contribution in [1.82, 2.24) is 14.9 Å². The van der Waals surface area contributed by atoms with Gasteiger partial charge < -0.3 is 10.0 Å². The number of hydrogen-bond acceptors (Lipinski definition) is 4. The van der Waals surface area contributed by atoms with Crippen LogP contribution in [0.25, 0.3) is 0 Å². The van der Waals surface area contributed by atoms with Crippen LogP contribution < -0.4 is 0 Å². The average molecular weight is 323 g/mol. The number of aromatic nitrogens is 2. The molecule has 1 unspecified atom stereocenters. The van der Waals surface area contributed by atoms with Crippen molar-refractivity contribution in [3.05, 3.63) is 58.7 Å². The molecule has 4 nitrogen and oxygen atoms in total. The Kier molecular flexibility index (Phi) is 3.89. The maximum absolute atomic E-state index is 12.0. The van der Waals surface area contributed by atoms with E-state index in [1.54, 1.807) is 6.20 Å². The molecule has 0 amide bonds. The van der Waals surface area contributed by atoms with Gasteiger partial charge in [-0.05, 0) is 75.5 Å². The summed E-state index contributed by atoms with van der Waals surface area (Å²) in [7, 11) is 2.15. The lowest BCUT2D eigenvalue weighted by Gasteiger charge is -2.40. The van der Waals surface area contributed by atoms with Crippen LogP contribution in [0.1, 0.15) is 40.9 Å². The average Bonchev–Trinajstić information content (AvgIpc) is 2.71. The smallest absolute Gasteiger partial charge is 0.151 e. The van der Waals surface area contributed by atoms with E-state index in [1.165, 1.54) is 5.56 Å². The molecule has 1 atom stereocenters. The van der Waals surface area contributed by atoms with Gasteiger partial charge in [-0.1, -0.05) is 12.1 Å². The zero-order valence-corrected chi connectivity index (χ0v) is 14.5. The van der Waals surface area contributed by atoms with Gasteiger partial charge in [-0.3, -0.25) is 9.97 Å². The summed E-state index contributed by atoms with van der Waals surface area (Å²) in [5, 5.41) is 12.0. The van der Waals surface area contributed by atoms with Gasteiger partial charge in [0, 0.05) is 18.3 Å². The van der Waals surface area contributed by atoms with Gasteiger partial charge in [-0.15, -0.1) is 0 Å². The van der Waals surface area contributed by atoms with Gasteiger partial charge in [0.05, 0.1) is 11.4 Å². The summed E-state index contributed by atoms with van der Waals surface area (Å²) in [5.41, 5.74) is 4.08. The quantitative estimate of drug-likeness (QED) is 0.876. The van der Waals surface area contributed by atoms with E-state index in [-0.39, 0.29) is 5.92 Å². The van der Waals surface area contributed by atoms with Gasteiger partial charge in [-0.25, -0.2) is 0 Å². The molecule has 0 spiro atoms. The number of likely N-dealkylation sites (tertiary alicyclic amines) is 1. The Morgan fingerprint density at radius 3 is 2.62 bits per heavy atom. The highest BCUT2D eigenvalue weighted by atomic mass is 16.3. The van der Waals surface area contributed by atoms with E-state index in [4.69, 9.17) is 4.98 Å². The summed E-state index contributed by atoms with van der Waals surface area (Å²) >= 11 is 0. The molecule has 1 aliphatic heterocycles. The molecule has 126 valence electrons. The highest BCUT2D eigenvalue weighted by Crippen LogP contribution is 2.44. The first-order chi connectivity index (χ1) is 11.6. The number of rotatable bonds is 1. The predicted molar refractivity (Wildman–Crippen MR) is 93.8 cm³/mol. The van der Waals surface area contributed by atoms with E-state index in [9.17, 15) is 5.11 Å². The molecular weight excluding hydrogens is 298 g/mol. The van der Waals surface area contributed by atoms with E-state index >= 15 is 0 Å². The standard InChI is InChI=1S/C20H25N3O/c1-14-12-16-6-5-15-4-3-9-21-18(15)20(24,19(16)22-13-14)17-7-10-23(2)11-8-17/h3-4,9,12-13,17,24H,5-8,10-11H2,1-2H3. The second-order valence-corrected chi connectivity index (χ2v) is 7.38. The first-order valence-corrected chi connectivity index (χ1v) is 8.90. The summed E-state index contributed by atoms with van der Waals surface area (Å²) < 4.78 is 0. The third-order valence-electron chi connectivity index (χ3n) is 5.69. The topological polar surface area (TPSA) is 49.3 Å². The lowest BCUT2D eigenvalue weighted by Crippen LogP contribution is -2.44. The minimum atomic E-state index is -1.07. The molecule has 2 aliphatic rings. The van der Waals surface area contributed by atoms with Crippen LogP contribution in [-0.2, 0) is 18.4 Å². The fourth-order valence-corrected chi connectivity index (χ4v) is 4.34. The summed E-state index contributed by atoms with van der Waals surface area (Å²) in [6.45, 7) is 4.09. The summed E-state index contributed by atoms with van der Waals surface area (Å²) in [6, 6.07) is 6.28. The van der Waals surface area contributed by atoms with Crippen LogP contribution in [0.4, 0.5) is 0 Å². The number of pyridine rings is 2. The zero-order chi connectivity index (χ0) is 16.7. The summed E-state index contributed by atoms with van der Waals surface area (Å²) in [5.74, 6) is 0.161. The fourth-order valence-electron chi connectivity index (χ4n) is 4.34. The van der Waals surface area contributed by atoms with Gasteiger partial charge in [0.2, 0.25) is 0 Å². The number of piperidine rings is 1. The van der Waals surface area contributed by atoms with Crippen LogP contribution in [0.3, 0.4) is 0 Å². The number of nitrogens with zero attached hydrogens (tertiary/aromatic N) is 3. The minimum Gasteiger partial charge on any atom is -0.377 e. The molecule has 1 aliphatic carbocycles. The molecule has 2 aromatic heterocycles. The zero-order valence-electron chi connectivity index (χ0n) is 14.5. The van der Waals surface area contributed by atoms with Crippen molar-refractivity contribution >= 4 is 0 Å². The summed E-state index contributed by atoms with van der Waals surface area (Å²) in [4.78, 5) is 11.7. The Labute approximate surface area is 143 Å². The van der Waals surface area contributed by atoms with E-state index < -0.39 is 5.60 Å². The van der Waals surface area contributed by atoms with E-state index in [0.717, 1.165) is 61.3 Å². The van der Waals surface area contributed by atoms with Crippen molar-refractivity contribution in [3.63, 3.8) is 0 Å². The Bertz CT molecular complexity index is 752. The molecule has 1 saturated heterocycles. The third kappa shape index (κ3) is 2.45. The monoisotopic (exact) mass is 323 g/mol. The van der Waals surface area contributed by atoms with Crippen molar-refractivity contribution in [2.45, 2.75) is 38.2 Å². The van der Waals surface area contributed by atoms with Crippen LogP contribution in [0, 0.1) is 12.8 Å². The molecular formula is C20H25N3O. The van der Waals surface area contributed by atoms with E-state index in [1.807, 2.05) is 12.3 Å². The Hall–Kier alpha value is -1.78. The highest BCUT2D eigenvalue weighted by Gasteiger charge is 2.47. The SMILES string of the molecule is Cc1cnc2c(c1)CCc1cccnc1C2(O)C1CCN(C)CC1. The Morgan fingerprint density at radius 1 is 1.12 bits per heavy atom. The maximum atomic E-state index is 12.0. The molecule has 4 rings (SSSR count). The number of aryl methyl sites for hydroxylation is 3. The third-order valence-corrected chi connectivity index (χ3v) is 5.69. The molecule has 24 heavy (non-hydrogen) atoms. The molecule has 1 N–H and O–H groups in total. The maximum Gasteiger partial charge on any atom is 0.151 e. The van der Waals surface area contributed by atoms with Gasteiger partial charge in [0.15, 0.2) is 5.60 Å². The van der Waals surface area contributed by atoms with Crippen LogP contribution in [0.15, 0.2) is 30.6 Å². The van der Waals surface area contributed by atoms with Crippen molar-refractivity contribution in [2.75, 3.05) is 20.1 Å². The molecule has 1 fully saturated rings. The number of aliphatic hydroxyl groups is 1. The molecule has 2 aromatic rings. The summed E-state index contributed by atoms with van der Waals surface area (Å²) in [6.07, 6.45) is 7.45. The second kappa shape index (κ2) is 5.94. The predicted octanol–water partition coefficient (Wildman–Crippen LogP) is 2.46. The van der Waals surface area contributed by atoms with Crippen molar-refractivity contribution in [3.8, 4) is 0 Å².